The predicted octanol–water partition coefficient (Wildman–Crippen LogP) is 3.96. The van der Waals surface area contributed by atoms with Crippen molar-refractivity contribution < 1.29 is 9.53 Å². The molecule has 0 saturated carbocycles. The SMILES string of the molecule is COc1cccc2c(C)cc(=O)n(CCC(=O)Nc3cc(C)cc(C)c3)c12. The number of carbonyl (C=O) groups excluding carboxylic acids is 1. The van der Waals surface area contributed by atoms with Crippen LogP contribution >= 0.6 is 0 Å². The third kappa shape index (κ3) is 4.03. The number of carbonyl (C=O) groups is 1. The van der Waals surface area contributed by atoms with Gasteiger partial charge in [0.05, 0.1) is 12.6 Å². The lowest BCUT2D eigenvalue weighted by molar-refractivity contribution is -0.116. The second kappa shape index (κ2) is 7.66. The van der Waals surface area contributed by atoms with Crippen LogP contribution in [0.1, 0.15) is 23.1 Å². The average molecular weight is 364 g/mol. The summed E-state index contributed by atoms with van der Waals surface area (Å²) in [5.74, 6) is 0.499. The Labute approximate surface area is 158 Å². The molecule has 0 radical (unpaired) electrons. The summed E-state index contributed by atoms with van der Waals surface area (Å²) in [4.78, 5) is 25.0. The Hall–Kier alpha value is -3.08. The van der Waals surface area contributed by atoms with Gasteiger partial charge in [-0.2, -0.15) is 0 Å². The Kier molecular flexibility index (Phi) is 5.31. The highest BCUT2D eigenvalue weighted by Crippen LogP contribution is 2.26. The number of hydrogen-bond acceptors (Lipinski definition) is 3. The third-order valence-corrected chi connectivity index (χ3v) is 4.59. The van der Waals surface area contributed by atoms with E-state index in [-0.39, 0.29) is 24.4 Å². The number of nitrogens with zero attached hydrogens (tertiary/aromatic N) is 1. The largest absolute Gasteiger partial charge is 0.495 e. The van der Waals surface area contributed by atoms with E-state index < -0.39 is 0 Å². The Morgan fingerprint density at radius 2 is 1.78 bits per heavy atom. The molecule has 0 saturated heterocycles. The molecule has 0 bridgehead atoms. The molecule has 5 heteroatoms. The smallest absolute Gasteiger partial charge is 0.251 e. The van der Waals surface area contributed by atoms with E-state index in [2.05, 4.69) is 11.4 Å². The lowest BCUT2D eigenvalue weighted by Crippen LogP contribution is -2.24. The third-order valence-electron chi connectivity index (χ3n) is 4.59. The van der Waals surface area contributed by atoms with Crippen LogP contribution in [-0.4, -0.2) is 17.6 Å². The Morgan fingerprint density at radius 1 is 1.07 bits per heavy atom. The number of methoxy groups -OCH3 is 1. The maximum absolute atomic E-state index is 12.6. The zero-order chi connectivity index (χ0) is 19.6. The topological polar surface area (TPSA) is 60.3 Å². The quantitative estimate of drug-likeness (QED) is 0.745. The summed E-state index contributed by atoms with van der Waals surface area (Å²) < 4.78 is 7.06. The molecule has 0 atom stereocenters. The van der Waals surface area contributed by atoms with Crippen LogP contribution in [0.5, 0.6) is 5.75 Å². The van der Waals surface area contributed by atoms with E-state index >= 15 is 0 Å². The first kappa shape index (κ1) is 18.7. The summed E-state index contributed by atoms with van der Waals surface area (Å²) in [6.07, 6.45) is 0.198. The lowest BCUT2D eigenvalue weighted by Gasteiger charge is -2.15. The molecule has 0 aliphatic carbocycles. The van der Waals surface area contributed by atoms with Crippen molar-refractivity contribution in [1.82, 2.24) is 4.57 Å². The summed E-state index contributed by atoms with van der Waals surface area (Å²) in [6.45, 7) is 6.17. The van der Waals surface area contributed by atoms with Crippen molar-refractivity contribution in [2.24, 2.45) is 0 Å². The highest BCUT2D eigenvalue weighted by molar-refractivity contribution is 5.91. The molecule has 0 aliphatic heterocycles. The fraction of sp³-hybridized carbons (Fsp3) is 0.273. The first-order valence-corrected chi connectivity index (χ1v) is 8.94. The van der Waals surface area contributed by atoms with Gasteiger partial charge in [-0.15, -0.1) is 0 Å². The van der Waals surface area contributed by atoms with Crippen LogP contribution < -0.4 is 15.6 Å². The fourth-order valence-corrected chi connectivity index (χ4v) is 3.44. The van der Waals surface area contributed by atoms with Crippen molar-refractivity contribution in [2.75, 3.05) is 12.4 Å². The molecule has 3 rings (SSSR count). The molecule has 1 N–H and O–H groups in total. The van der Waals surface area contributed by atoms with Gasteiger partial charge in [-0.3, -0.25) is 9.59 Å². The van der Waals surface area contributed by atoms with Gasteiger partial charge >= 0.3 is 0 Å². The van der Waals surface area contributed by atoms with Crippen LogP contribution in [0.15, 0.2) is 47.3 Å². The van der Waals surface area contributed by atoms with Gasteiger partial charge in [0.15, 0.2) is 0 Å². The molecule has 3 aromatic rings. The zero-order valence-electron chi connectivity index (χ0n) is 16.1. The molecule has 2 aromatic carbocycles. The fourth-order valence-electron chi connectivity index (χ4n) is 3.44. The lowest BCUT2D eigenvalue weighted by atomic mass is 10.1. The molecule has 27 heavy (non-hydrogen) atoms. The minimum atomic E-state index is -0.135. The zero-order valence-corrected chi connectivity index (χ0v) is 16.1. The Morgan fingerprint density at radius 3 is 2.44 bits per heavy atom. The van der Waals surface area contributed by atoms with E-state index in [0.29, 0.717) is 5.75 Å². The van der Waals surface area contributed by atoms with Gasteiger partial charge < -0.3 is 14.6 Å². The first-order valence-electron chi connectivity index (χ1n) is 8.94. The van der Waals surface area contributed by atoms with Crippen molar-refractivity contribution in [3.8, 4) is 5.75 Å². The number of aryl methyl sites for hydroxylation is 4. The summed E-state index contributed by atoms with van der Waals surface area (Å²) >= 11 is 0. The number of anilines is 1. The number of fused-ring (bicyclic) bond motifs is 1. The Balaban J connectivity index is 1.86. The summed E-state index contributed by atoms with van der Waals surface area (Å²) in [5.41, 5.74) is 4.44. The van der Waals surface area contributed by atoms with Crippen LogP contribution in [0.2, 0.25) is 0 Å². The Bertz CT molecular complexity index is 1050. The van der Waals surface area contributed by atoms with Gasteiger partial charge in [0.1, 0.15) is 5.75 Å². The number of amides is 1. The molecule has 1 aromatic heterocycles. The van der Waals surface area contributed by atoms with E-state index in [9.17, 15) is 9.59 Å². The van der Waals surface area contributed by atoms with Gasteiger partial charge in [-0.25, -0.2) is 0 Å². The number of benzene rings is 2. The van der Waals surface area contributed by atoms with Crippen molar-refractivity contribution in [3.05, 3.63) is 69.5 Å². The minimum Gasteiger partial charge on any atom is -0.495 e. The number of pyridine rings is 1. The van der Waals surface area contributed by atoms with Crippen molar-refractivity contribution >= 4 is 22.5 Å². The molecular weight excluding hydrogens is 340 g/mol. The van der Waals surface area contributed by atoms with Crippen LogP contribution in [0.4, 0.5) is 5.69 Å². The summed E-state index contributed by atoms with van der Waals surface area (Å²) in [6, 6.07) is 13.2. The molecule has 0 fully saturated rings. The van der Waals surface area contributed by atoms with E-state index in [1.807, 2.05) is 51.1 Å². The van der Waals surface area contributed by atoms with E-state index in [1.54, 1.807) is 17.7 Å². The highest BCUT2D eigenvalue weighted by atomic mass is 16.5. The van der Waals surface area contributed by atoms with Crippen LogP contribution in [-0.2, 0) is 11.3 Å². The first-order chi connectivity index (χ1) is 12.9. The van der Waals surface area contributed by atoms with Crippen LogP contribution in [0, 0.1) is 20.8 Å². The van der Waals surface area contributed by atoms with Gasteiger partial charge in [0.25, 0.3) is 5.56 Å². The van der Waals surface area contributed by atoms with Crippen LogP contribution in [0.25, 0.3) is 10.9 Å². The maximum Gasteiger partial charge on any atom is 0.251 e. The van der Waals surface area contributed by atoms with Crippen molar-refractivity contribution in [3.63, 3.8) is 0 Å². The standard InChI is InChI=1S/C22H24N2O3/c1-14-10-15(2)12-17(11-14)23-20(25)8-9-24-21(26)13-16(3)18-6-5-7-19(27-4)22(18)24/h5-7,10-13H,8-9H2,1-4H3,(H,23,25). The number of nitrogens with one attached hydrogen (secondary N) is 1. The predicted molar refractivity (Wildman–Crippen MR) is 109 cm³/mol. The average Bonchev–Trinajstić information content (AvgIpc) is 2.60. The van der Waals surface area contributed by atoms with Gasteiger partial charge in [-0.1, -0.05) is 18.2 Å². The number of hydrogen-bond donors (Lipinski definition) is 1. The van der Waals surface area contributed by atoms with Crippen molar-refractivity contribution in [2.45, 2.75) is 33.7 Å². The number of para-hydroxylation sites is 1. The van der Waals surface area contributed by atoms with E-state index in [0.717, 1.165) is 33.3 Å². The number of aromatic nitrogens is 1. The summed E-state index contributed by atoms with van der Waals surface area (Å²) in [5, 5.41) is 3.86. The molecule has 0 spiro atoms. The maximum atomic E-state index is 12.6. The van der Waals surface area contributed by atoms with E-state index in [4.69, 9.17) is 4.74 Å². The normalized spacial score (nSPS) is 10.8. The molecule has 0 unspecified atom stereocenters. The van der Waals surface area contributed by atoms with Gasteiger partial charge in [0, 0.05) is 30.1 Å². The molecule has 0 aliphatic rings. The molecule has 1 amide bonds. The van der Waals surface area contributed by atoms with Gasteiger partial charge in [-0.05, 0) is 55.7 Å². The second-order valence-electron chi connectivity index (χ2n) is 6.85. The van der Waals surface area contributed by atoms with E-state index in [1.165, 1.54) is 0 Å². The second-order valence-corrected chi connectivity index (χ2v) is 6.85. The number of rotatable bonds is 5. The highest BCUT2D eigenvalue weighted by Gasteiger charge is 2.13. The van der Waals surface area contributed by atoms with Gasteiger partial charge in [0.2, 0.25) is 5.91 Å². The monoisotopic (exact) mass is 364 g/mol. The van der Waals surface area contributed by atoms with Crippen LogP contribution in [0.3, 0.4) is 0 Å². The molecular formula is C22H24N2O3. The molecule has 5 nitrogen and oxygen atoms in total. The minimum absolute atomic E-state index is 0.129. The molecule has 1 heterocycles. The number of ether oxygens (including phenoxy) is 1. The summed E-state index contributed by atoms with van der Waals surface area (Å²) in [7, 11) is 1.58. The van der Waals surface area contributed by atoms with Crippen molar-refractivity contribution in [1.29, 1.82) is 0 Å². The molecule has 140 valence electrons.